The van der Waals surface area contributed by atoms with Crippen molar-refractivity contribution in [1.29, 1.82) is 0 Å². The van der Waals surface area contributed by atoms with Crippen molar-refractivity contribution in [1.82, 2.24) is 14.5 Å². The molecular formula is C20H19F2N3O4S. The van der Waals surface area contributed by atoms with E-state index in [0.717, 1.165) is 31.0 Å². The lowest BCUT2D eigenvalue weighted by Crippen LogP contribution is -2.20. The van der Waals surface area contributed by atoms with Crippen molar-refractivity contribution in [3.8, 4) is 22.8 Å². The Kier molecular flexibility index (Phi) is 5.97. The largest absolute Gasteiger partial charge is 0.450 e. The fraction of sp³-hybridized carbons (Fsp3) is 0.250. The zero-order chi connectivity index (χ0) is 22.1. The first-order chi connectivity index (χ1) is 14.1. The monoisotopic (exact) mass is 435 g/mol. The first kappa shape index (κ1) is 21.6. The van der Waals surface area contributed by atoms with Gasteiger partial charge in [-0.05, 0) is 24.6 Å². The van der Waals surface area contributed by atoms with Crippen molar-refractivity contribution in [2.45, 2.75) is 24.9 Å². The van der Waals surface area contributed by atoms with Crippen LogP contribution in [0.4, 0.5) is 8.78 Å². The van der Waals surface area contributed by atoms with E-state index < -0.39 is 26.6 Å². The molecule has 1 aromatic carbocycles. The van der Waals surface area contributed by atoms with Gasteiger partial charge in [0.25, 0.3) is 5.56 Å². The lowest BCUT2D eigenvalue weighted by molar-refractivity contribution is 0.434. The molecule has 2 heterocycles. The third-order valence-corrected chi connectivity index (χ3v) is 5.09. The van der Waals surface area contributed by atoms with E-state index in [9.17, 15) is 22.0 Å². The minimum atomic E-state index is -3.75. The fourth-order valence-electron chi connectivity index (χ4n) is 2.85. The van der Waals surface area contributed by atoms with E-state index in [4.69, 9.17) is 4.74 Å². The fourth-order valence-corrected chi connectivity index (χ4v) is 3.35. The minimum Gasteiger partial charge on any atom is -0.450 e. The Balaban J connectivity index is 2.21. The van der Waals surface area contributed by atoms with Crippen molar-refractivity contribution in [3.63, 3.8) is 0 Å². The zero-order valence-corrected chi connectivity index (χ0v) is 17.3. The molecule has 3 aromatic rings. The predicted molar refractivity (Wildman–Crippen MR) is 106 cm³/mol. The van der Waals surface area contributed by atoms with E-state index in [1.807, 2.05) is 6.92 Å². The van der Waals surface area contributed by atoms with E-state index in [1.165, 1.54) is 10.8 Å². The number of halogens is 2. The summed E-state index contributed by atoms with van der Waals surface area (Å²) in [6.45, 7) is 1.92. The summed E-state index contributed by atoms with van der Waals surface area (Å²) in [6.07, 6.45) is 4.76. The number of aryl methyl sites for hydroxylation is 2. The number of hydrogen-bond acceptors (Lipinski definition) is 6. The maximum Gasteiger partial charge on any atom is 0.253 e. The second-order valence-electron chi connectivity index (χ2n) is 6.73. The number of sulfone groups is 1. The van der Waals surface area contributed by atoms with Gasteiger partial charge in [-0.2, -0.15) is 0 Å². The number of nitrogens with zero attached hydrogens (tertiary/aromatic N) is 3. The molecule has 158 valence electrons. The van der Waals surface area contributed by atoms with Gasteiger partial charge in [-0.3, -0.25) is 4.79 Å². The number of rotatable bonds is 6. The van der Waals surface area contributed by atoms with Gasteiger partial charge in [-0.25, -0.2) is 27.2 Å². The Labute approximate surface area is 171 Å². The average molecular weight is 435 g/mol. The van der Waals surface area contributed by atoms with E-state index >= 15 is 0 Å². The summed E-state index contributed by atoms with van der Waals surface area (Å²) >= 11 is 0. The lowest BCUT2D eigenvalue weighted by Gasteiger charge is -2.13. The van der Waals surface area contributed by atoms with Crippen LogP contribution < -0.4 is 10.3 Å². The first-order valence-electron chi connectivity index (χ1n) is 9.00. The average Bonchev–Trinajstić information content (AvgIpc) is 2.67. The minimum absolute atomic E-state index is 0.0472. The van der Waals surface area contributed by atoms with Gasteiger partial charge in [-0.1, -0.05) is 13.3 Å². The van der Waals surface area contributed by atoms with E-state index in [2.05, 4.69) is 9.97 Å². The van der Waals surface area contributed by atoms with Gasteiger partial charge in [-0.15, -0.1) is 0 Å². The van der Waals surface area contributed by atoms with Crippen LogP contribution in [0, 0.1) is 11.6 Å². The number of hydrogen-bond donors (Lipinski definition) is 0. The number of aromatic nitrogens is 3. The van der Waals surface area contributed by atoms with Crippen LogP contribution in [-0.4, -0.2) is 29.2 Å². The molecular weight excluding hydrogens is 416 g/mol. The van der Waals surface area contributed by atoms with Crippen LogP contribution in [0.25, 0.3) is 11.3 Å². The highest BCUT2D eigenvalue weighted by Crippen LogP contribution is 2.33. The first-order valence-corrected chi connectivity index (χ1v) is 10.9. The molecule has 0 N–H and O–H groups in total. The van der Waals surface area contributed by atoms with Crippen molar-refractivity contribution >= 4 is 9.84 Å². The van der Waals surface area contributed by atoms with Gasteiger partial charge in [0.1, 0.15) is 11.5 Å². The molecule has 0 fully saturated rings. The Bertz CT molecular complexity index is 1270. The van der Waals surface area contributed by atoms with Gasteiger partial charge in [0.15, 0.2) is 17.3 Å². The molecule has 3 rings (SSSR count). The molecule has 0 unspecified atom stereocenters. The summed E-state index contributed by atoms with van der Waals surface area (Å²) in [5.41, 5.74) is 0.772. The molecule has 0 aliphatic heterocycles. The van der Waals surface area contributed by atoms with Crippen LogP contribution in [-0.2, 0) is 23.3 Å². The maximum absolute atomic E-state index is 14.1. The van der Waals surface area contributed by atoms with E-state index in [0.29, 0.717) is 23.6 Å². The normalized spacial score (nSPS) is 11.5. The smallest absolute Gasteiger partial charge is 0.253 e. The summed E-state index contributed by atoms with van der Waals surface area (Å²) in [5, 5.41) is -0.449. The molecule has 0 spiro atoms. The summed E-state index contributed by atoms with van der Waals surface area (Å²) in [5.74, 6) is -2.05. The van der Waals surface area contributed by atoms with E-state index in [-0.39, 0.29) is 22.8 Å². The molecule has 2 aromatic heterocycles. The topological polar surface area (TPSA) is 91.2 Å². The third kappa shape index (κ3) is 4.54. The van der Waals surface area contributed by atoms with Gasteiger partial charge in [0.05, 0.1) is 6.20 Å². The molecule has 0 amide bonds. The standard InChI is InChI=1S/C20H19F2N3O4S/c1-4-5-12-8-13(11-25(2)19(12)26)18-17(10-23-20(24-18)30(3,27)28)29-16-7-6-14(21)9-15(16)22/h6-11H,4-5H2,1-3H3. The van der Waals surface area contributed by atoms with Crippen molar-refractivity contribution < 1.29 is 21.9 Å². The maximum atomic E-state index is 14.1. The number of benzene rings is 1. The molecule has 30 heavy (non-hydrogen) atoms. The number of ether oxygens (including phenoxy) is 1. The van der Waals surface area contributed by atoms with E-state index in [1.54, 1.807) is 13.1 Å². The summed E-state index contributed by atoms with van der Waals surface area (Å²) in [6, 6.07) is 4.37. The van der Waals surface area contributed by atoms with Crippen LogP contribution in [0.1, 0.15) is 18.9 Å². The molecule has 0 atom stereocenters. The third-order valence-electron chi connectivity index (χ3n) is 4.23. The molecule has 0 aliphatic carbocycles. The van der Waals surface area contributed by atoms with Crippen LogP contribution in [0.2, 0.25) is 0 Å². The second kappa shape index (κ2) is 8.31. The van der Waals surface area contributed by atoms with Crippen LogP contribution in [0.5, 0.6) is 11.5 Å². The molecule has 7 nitrogen and oxygen atoms in total. The molecule has 0 radical (unpaired) electrons. The predicted octanol–water partition coefficient (Wildman–Crippen LogP) is 3.27. The highest BCUT2D eigenvalue weighted by molar-refractivity contribution is 7.90. The second-order valence-corrected chi connectivity index (χ2v) is 8.64. The van der Waals surface area contributed by atoms with Crippen molar-refractivity contribution in [2.75, 3.05) is 6.26 Å². The molecule has 0 bridgehead atoms. The van der Waals surface area contributed by atoms with Crippen molar-refractivity contribution in [3.05, 3.63) is 64.2 Å². The lowest BCUT2D eigenvalue weighted by atomic mass is 10.1. The van der Waals surface area contributed by atoms with Crippen LogP contribution in [0.15, 0.2) is 46.6 Å². The Morgan fingerprint density at radius 2 is 1.90 bits per heavy atom. The molecule has 10 heteroatoms. The molecule has 0 aliphatic rings. The zero-order valence-electron chi connectivity index (χ0n) is 16.5. The quantitative estimate of drug-likeness (QED) is 0.552. The summed E-state index contributed by atoms with van der Waals surface area (Å²) in [4.78, 5) is 20.2. The van der Waals surface area contributed by atoms with Gasteiger partial charge < -0.3 is 9.30 Å². The number of pyridine rings is 1. The van der Waals surface area contributed by atoms with Crippen LogP contribution in [0.3, 0.4) is 0 Å². The highest BCUT2D eigenvalue weighted by atomic mass is 32.2. The van der Waals surface area contributed by atoms with Crippen LogP contribution >= 0.6 is 0 Å². The Morgan fingerprint density at radius 3 is 2.53 bits per heavy atom. The van der Waals surface area contributed by atoms with Gasteiger partial charge >= 0.3 is 0 Å². The van der Waals surface area contributed by atoms with Crippen molar-refractivity contribution in [2.24, 2.45) is 7.05 Å². The summed E-state index contributed by atoms with van der Waals surface area (Å²) in [7, 11) is -2.19. The Hall–Kier alpha value is -3.14. The Morgan fingerprint density at radius 1 is 1.17 bits per heavy atom. The highest BCUT2D eigenvalue weighted by Gasteiger charge is 2.20. The summed E-state index contributed by atoms with van der Waals surface area (Å²) < 4.78 is 58.0. The SMILES string of the molecule is CCCc1cc(-c2nc(S(C)(=O)=O)ncc2Oc2ccc(F)cc2F)cn(C)c1=O. The van der Waals surface area contributed by atoms with Gasteiger partial charge in [0, 0.05) is 36.7 Å². The van der Waals surface area contributed by atoms with Gasteiger partial charge in [0.2, 0.25) is 15.0 Å². The molecule has 0 saturated carbocycles. The molecule has 0 saturated heterocycles.